The van der Waals surface area contributed by atoms with Crippen LogP contribution in [0.4, 0.5) is 0 Å². The molecule has 0 radical (unpaired) electrons. The number of nitrogens with zero attached hydrogens (tertiary/aromatic N) is 1. The average Bonchev–Trinajstić information content (AvgIpc) is 2.36. The van der Waals surface area contributed by atoms with Crippen LogP contribution in [-0.4, -0.2) is 41.2 Å². The maximum Gasteiger partial charge on any atom is 0.323 e. The Hall–Kier alpha value is -1.49. The van der Waals surface area contributed by atoms with Gasteiger partial charge in [-0.1, -0.05) is 13.8 Å². The summed E-state index contributed by atoms with van der Waals surface area (Å²) >= 11 is 1.60. The number of rotatable bonds is 6. The first-order chi connectivity index (χ1) is 8.93. The molecule has 1 amide bonds. The van der Waals surface area contributed by atoms with E-state index in [2.05, 4.69) is 0 Å². The van der Waals surface area contributed by atoms with Gasteiger partial charge in [0.25, 0.3) is 5.91 Å². The normalized spacial score (nSPS) is 10.5. The minimum absolute atomic E-state index is 0.230. The van der Waals surface area contributed by atoms with Crippen molar-refractivity contribution in [3.8, 4) is 0 Å². The fourth-order valence-electron chi connectivity index (χ4n) is 1.74. The maximum atomic E-state index is 12.3. The molecule has 0 spiro atoms. The third kappa shape index (κ3) is 4.95. The van der Waals surface area contributed by atoms with Crippen LogP contribution in [0.25, 0.3) is 0 Å². The van der Waals surface area contributed by atoms with E-state index in [0.717, 1.165) is 4.90 Å². The van der Waals surface area contributed by atoms with Crippen LogP contribution < -0.4 is 0 Å². The summed E-state index contributed by atoms with van der Waals surface area (Å²) in [6.45, 7) is 4.09. The highest BCUT2D eigenvalue weighted by Gasteiger charge is 2.19. The monoisotopic (exact) mass is 281 g/mol. The van der Waals surface area contributed by atoms with Gasteiger partial charge in [0.05, 0.1) is 0 Å². The van der Waals surface area contributed by atoms with Crippen molar-refractivity contribution in [2.75, 3.05) is 19.3 Å². The molecule has 0 heterocycles. The van der Waals surface area contributed by atoms with E-state index in [9.17, 15) is 9.59 Å². The lowest BCUT2D eigenvalue weighted by Gasteiger charge is -2.22. The molecule has 19 heavy (non-hydrogen) atoms. The van der Waals surface area contributed by atoms with Crippen LogP contribution in [0, 0.1) is 5.92 Å². The number of amides is 1. The smallest absolute Gasteiger partial charge is 0.323 e. The average molecular weight is 281 g/mol. The van der Waals surface area contributed by atoms with E-state index in [1.807, 2.05) is 32.2 Å². The Bertz CT molecular complexity index is 443. The number of hydrogen-bond donors (Lipinski definition) is 1. The van der Waals surface area contributed by atoms with Gasteiger partial charge < -0.3 is 10.0 Å². The summed E-state index contributed by atoms with van der Waals surface area (Å²) in [5.41, 5.74) is 0.528. The largest absolute Gasteiger partial charge is 0.480 e. The molecule has 0 fully saturated rings. The van der Waals surface area contributed by atoms with Gasteiger partial charge in [-0.15, -0.1) is 11.8 Å². The summed E-state index contributed by atoms with van der Waals surface area (Å²) in [4.78, 5) is 25.6. The second kappa shape index (κ2) is 7.19. The number of carbonyl (C=O) groups excluding carboxylic acids is 1. The number of thioether (sulfide) groups is 1. The van der Waals surface area contributed by atoms with Crippen molar-refractivity contribution < 1.29 is 14.7 Å². The SMILES string of the molecule is CSc1ccc(C(=O)N(CC(=O)O)CC(C)C)cc1. The minimum Gasteiger partial charge on any atom is -0.480 e. The van der Waals surface area contributed by atoms with Gasteiger partial charge in [0.2, 0.25) is 0 Å². The summed E-state index contributed by atoms with van der Waals surface area (Å²) in [5.74, 6) is -0.993. The lowest BCUT2D eigenvalue weighted by molar-refractivity contribution is -0.137. The number of carboxylic acids is 1. The van der Waals surface area contributed by atoms with Crippen molar-refractivity contribution in [1.82, 2.24) is 4.90 Å². The number of hydrogen-bond acceptors (Lipinski definition) is 3. The van der Waals surface area contributed by atoms with Crippen LogP contribution in [0.2, 0.25) is 0 Å². The molecule has 0 aliphatic carbocycles. The fraction of sp³-hybridized carbons (Fsp3) is 0.429. The topological polar surface area (TPSA) is 57.6 Å². The summed E-state index contributed by atoms with van der Waals surface area (Å²) < 4.78 is 0. The van der Waals surface area contributed by atoms with Crippen LogP contribution in [-0.2, 0) is 4.79 Å². The van der Waals surface area contributed by atoms with E-state index in [-0.39, 0.29) is 18.4 Å². The highest BCUT2D eigenvalue weighted by Crippen LogP contribution is 2.16. The Morgan fingerprint density at radius 2 is 1.84 bits per heavy atom. The lowest BCUT2D eigenvalue weighted by atomic mass is 10.1. The summed E-state index contributed by atoms with van der Waals surface area (Å²) in [7, 11) is 0. The Labute approximate surface area is 117 Å². The van der Waals surface area contributed by atoms with E-state index in [1.54, 1.807) is 23.9 Å². The molecule has 1 aromatic rings. The highest BCUT2D eigenvalue weighted by molar-refractivity contribution is 7.98. The van der Waals surface area contributed by atoms with Crippen LogP contribution in [0.1, 0.15) is 24.2 Å². The molecule has 1 rings (SSSR count). The fourth-order valence-corrected chi connectivity index (χ4v) is 2.15. The molecule has 5 heteroatoms. The van der Waals surface area contributed by atoms with Crippen molar-refractivity contribution >= 4 is 23.6 Å². The van der Waals surface area contributed by atoms with Gasteiger partial charge in [0, 0.05) is 17.0 Å². The number of carbonyl (C=O) groups is 2. The Balaban J connectivity index is 2.87. The number of benzene rings is 1. The van der Waals surface area contributed by atoms with Gasteiger partial charge in [-0.3, -0.25) is 9.59 Å². The van der Waals surface area contributed by atoms with Gasteiger partial charge in [0.1, 0.15) is 6.54 Å². The van der Waals surface area contributed by atoms with Gasteiger partial charge in [0.15, 0.2) is 0 Å². The molecule has 0 saturated heterocycles. The molecule has 0 saturated carbocycles. The standard InChI is InChI=1S/C14H19NO3S/c1-10(2)8-15(9-13(16)17)14(18)11-4-6-12(19-3)7-5-11/h4-7,10H,8-9H2,1-3H3,(H,16,17). The van der Waals surface area contributed by atoms with E-state index in [1.165, 1.54) is 4.90 Å². The second-order valence-corrected chi connectivity index (χ2v) is 5.58. The molecule has 0 unspecified atom stereocenters. The Morgan fingerprint density at radius 1 is 1.26 bits per heavy atom. The predicted molar refractivity (Wildman–Crippen MR) is 76.6 cm³/mol. The molecule has 0 bridgehead atoms. The molecule has 4 nitrogen and oxygen atoms in total. The van der Waals surface area contributed by atoms with Crippen molar-refractivity contribution in [3.63, 3.8) is 0 Å². The van der Waals surface area contributed by atoms with Gasteiger partial charge in [-0.25, -0.2) is 0 Å². The minimum atomic E-state index is -0.991. The first-order valence-corrected chi connectivity index (χ1v) is 7.31. The van der Waals surface area contributed by atoms with Crippen LogP contribution >= 0.6 is 11.8 Å². The third-order valence-corrected chi connectivity index (χ3v) is 3.28. The third-order valence-electron chi connectivity index (χ3n) is 2.54. The first kappa shape index (κ1) is 15.6. The van der Waals surface area contributed by atoms with Crippen LogP contribution in [0.15, 0.2) is 29.2 Å². The van der Waals surface area contributed by atoms with Crippen molar-refractivity contribution in [1.29, 1.82) is 0 Å². The Kier molecular flexibility index (Phi) is 5.89. The first-order valence-electron chi connectivity index (χ1n) is 6.09. The van der Waals surface area contributed by atoms with E-state index >= 15 is 0 Å². The zero-order chi connectivity index (χ0) is 14.4. The zero-order valence-corrected chi connectivity index (χ0v) is 12.2. The molecule has 0 atom stereocenters. The maximum absolute atomic E-state index is 12.3. The van der Waals surface area contributed by atoms with Crippen molar-refractivity contribution in [2.45, 2.75) is 18.7 Å². The molecule has 104 valence electrons. The van der Waals surface area contributed by atoms with E-state index in [4.69, 9.17) is 5.11 Å². The zero-order valence-electron chi connectivity index (χ0n) is 11.4. The lowest BCUT2D eigenvalue weighted by Crippen LogP contribution is -2.38. The predicted octanol–water partition coefficient (Wildman–Crippen LogP) is 2.59. The van der Waals surface area contributed by atoms with Crippen LogP contribution in [0.5, 0.6) is 0 Å². The molecule has 0 aliphatic rings. The Morgan fingerprint density at radius 3 is 2.26 bits per heavy atom. The van der Waals surface area contributed by atoms with Crippen LogP contribution in [0.3, 0.4) is 0 Å². The molecular weight excluding hydrogens is 262 g/mol. The summed E-state index contributed by atoms with van der Waals surface area (Å²) in [6.07, 6.45) is 1.96. The molecule has 0 aromatic heterocycles. The van der Waals surface area contributed by atoms with Gasteiger partial charge in [-0.05, 0) is 36.4 Å². The summed E-state index contributed by atoms with van der Waals surface area (Å²) in [5, 5.41) is 8.88. The van der Waals surface area contributed by atoms with E-state index < -0.39 is 5.97 Å². The van der Waals surface area contributed by atoms with E-state index in [0.29, 0.717) is 12.1 Å². The van der Waals surface area contributed by atoms with Crippen molar-refractivity contribution in [3.05, 3.63) is 29.8 Å². The molecule has 1 aromatic carbocycles. The highest BCUT2D eigenvalue weighted by atomic mass is 32.2. The molecular formula is C14H19NO3S. The molecule has 1 N–H and O–H groups in total. The summed E-state index contributed by atoms with van der Waals surface area (Å²) in [6, 6.07) is 7.21. The van der Waals surface area contributed by atoms with Gasteiger partial charge >= 0.3 is 5.97 Å². The van der Waals surface area contributed by atoms with Crippen molar-refractivity contribution in [2.24, 2.45) is 5.92 Å². The molecule has 0 aliphatic heterocycles. The van der Waals surface area contributed by atoms with Gasteiger partial charge in [-0.2, -0.15) is 0 Å². The second-order valence-electron chi connectivity index (χ2n) is 4.70. The number of carboxylic acid groups (broad SMARTS) is 1. The number of aliphatic carboxylic acids is 1. The quantitative estimate of drug-likeness (QED) is 0.814.